The zero-order valence-corrected chi connectivity index (χ0v) is 9.71. The van der Waals surface area contributed by atoms with Gasteiger partial charge in [0.25, 0.3) is 0 Å². The van der Waals surface area contributed by atoms with Crippen molar-refractivity contribution in [3.63, 3.8) is 0 Å². The lowest BCUT2D eigenvalue weighted by Gasteiger charge is -2.03. The Morgan fingerprint density at radius 2 is 2.14 bits per heavy atom. The molecule has 0 amide bonds. The molecule has 0 spiro atoms. The fourth-order valence-corrected chi connectivity index (χ4v) is 1.65. The van der Waals surface area contributed by atoms with Crippen LogP contribution >= 0.6 is 15.9 Å². The Morgan fingerprint density at radius 1 is 1.43 bits per heavy atom. The number of benzene rings is 1. The van der Waals surface area contributed by atoms with Gasteiger partial charge in [-0.05, 0) is 25.0 Å². The Bertz CT molecular complexity index is 310. The van der Waals surface area contributed by atoms with E-state index in [4.69, 9.17) is 4.74 Å². The maximum absolute atomic E-state index is 11.1. The van der Waals surface area contributed by atoms with Gasteiger partial charge >= 0.3 is 5.97 Å². The van der Waals surface area contributed by atoms with Crippen molar-refractivity contribution in [3.05, 3.63) is 34.3 Å². The Labute approximate surface area is 92.4 Å². The first kappa shape index (κ1) is 11.2. The number of rotatable bonds is 4. The van der Waals surface area contributed by atoms with Crippen LogP contribution in [0.1, 0.15) is 18.9 Å². The third kappa shape index (κ3) is 3.50. The molecule has 0 aromatic heterocycles. The van der Waals surface area contributed by atoms with Gasteiger partial charge < -0.3 is 4.74 Å². The second kappa shape index (κ2) is 5.81. The third-order valence-corrected chi connectivity index (χ3v) is 2.64. The molecule has 0 unspecified atom stereocenters. The molecule has 0 saturated carbocycles. The van der Waals surface area contributed by atoms with Crippen molar-refractivity contribution >= 4 is 21.9 Å². The van der Waals surface area contributed by atoms with E-state index < -0.39 is 0 Å². The summed E-state index contributed by atoms with van der Waals surface area (Å²) >= 11 is 3.43. The molecule has 3 heteroatoms. The summed E-state index contributed by atoms with van der Waals surface area (Å²) in [5.41, 5.74) is 1.14. The van der Waals surface area contributed by atoms with Crippen LogP contribution in [-0.2, 0) is 16.0 Å². The average molecular weight is 257 g/mol. The van der Waals surface area contributed by atoms with Crippen molar-refractivity contribution in [3.8, 4) is 0 Å². The highest BCUT2D eigenvalue weighted by atomic mass is 79.9. The lowest BCUT2D eigenvalue weighted by atomic mass is 10.1. The van der Waals surface area contributed by atoms with Crippen LogP contribution in [0.5, 0.6) is 0 Å². The first-order valence-corrected chi connectivity index (χ1v) is 5.42. The van der Waals surface area contributed by atoms with Gasteiger partial charge in [-0.1, -0.05) is 34.1 Å². The molecule has 76 valence electrons. The van der Waals surface area contributed by atoms with Gasteiger partial charge in [-0.2, -0.15) is 0 Å². The Balaban J connectivity index is 2.46. The average Bonchev–Trinajstić information content (AvgIpc) is 2.17. The van der Waals surface area contributed by atoms with Crippen LogP contribution in [-0.4, -0.2) is 12.6 Å². The molecule has 0 atom stereocenters. The molecule has 1 aromatic rings. The predicted molar refractivity (Wildman–Crippen MR) is 59.1 cm³/mol. The zero-order valence-electron chi connectivity index (χ0n) is 8.13. The van der Waals surface area contributed by atoms with E-state index in [1.165, 1.54) is 0 Å². The van der Waals surface area contributed by atoms with Crippen molar-refractivity contribution < 1.29 is 9.53 Å². The minimum absolute atomic E-state index is 0.136. The van der Waals surface area contributed by atoms with Crippen LogP contribution in [0, 0.1) is 0 Å². The maximum atomic E-state index is 11.1. The smallest absolute Gasteiger partial charge is 0.306 e. The molecule has 0 N–H and O–H groups in total. The van der Waals surface area contributed by atoms with Gasteiger partial charge in [0.15, 0.2) is 0 Å². The molecule has 0 fully saturated rings. The summed E-state index contributed by atoms with van der Waals surface area (Å²) in [5.74, 6) is -0.136. The van der Waals surface area contributed by atoms with Crippen molar-refractivity contribution in [2.45, 2.75) is 19.8 Å². The number of esters is 1. The second-order valence-electron chi connectivity index (χ2n) is 2.90. The first-order chi connectivity index (χ1) is 6.74. The van der Waals surface area contributed by atoms with E-state index >= 15 is 0 Å². The van der Waals surface area contributed by atoms with E-state index in [1.807, 2.05) is 31.2 Å². The highest BCUT2D eigenvalue weighted by Crippen LogP contribution is 2.17. The number of hydrogen-bond acceptors (Lipinski definition) is 2. The number of carbonyl (C=O) groups is 1. The standard InChI is InChI=1S/C11H13BrO2/c1-2-14-11(13)8-7-9-5-3-4-6-10(9)12/h3-6H,2,7-8H2,1H3. The summed E-state index contributed by atoms with van der Waals surface area (Å²) < 4.78 is 5.89. The molecular formula is C11H13BrO2. The fraction of sp³-hybridized carbons (Fsp3) is 0.364. The number of hydrogen-bond donors (Lipinski definition) is 0. The van der Waals surface area contributed by atoms with Crippen LogP contribution < -0.4 is 0 Å². The molecule has 0 bridgehead atoms. The van der Waals surface area contributed by atoms with Gasteiger partial charge in [0.05, 0.1) is 6.61 Å². The van der Waals surface area contributed by atoms with Gasteiger partial charge in [0, 0.05) is 10.9 Å². The molecule has 0 aliphatic carbocycles. The quantitative estimate of drug-likeness (QED) is 0.775. The highest BCUT2D eigenvalue weighted by Gasteiger charge is 2.04. The summed E-state index contributed by atoms with van der Waals surface area (Å²) in [5, 5.41) is 0. The molecule has 2 nitrogen and oxygen atoms in total. The molecule has 1 aromatic carbocycles. The first-order valence-electron chi connectivity index (χ1n) is 4.63. The van der Waals surface area contributed by atoms with Gasteiger partial charge in [0.2, 0.25) is 0 Å². The van der Waals surface area contributed by atoms with E-state index in [9.17, 15) is 4.79 Å². The number of carbonyl (C=O) groups excluding carboxylic acids is 1. The van der Waals surface area contributed by atoms with Crippen molar-refractivity contribution in [1.29, 1.82) is 0 Å². The van der Waals surface area contributed by atoms with Crippen molar-refractivity contribution in [2.24, 2.45) is 0 Å². The Hall–Kier alpha value is -0.830. The van der Waals surface area contributed by atoms with Gasteiger partial charge in [-0.3, -0.25) is 4.79 Å². The highest BCUT2D eigenvalue weighted by molar-refractivity contribution is 9.10. The molecule has 0 aliphatic rings. The van der Waals surface area contributed by atoms with Gasteiger partial charge in [0.1, 0.15) is 0 Å². The summed E-state index contributed by atoms with van der Waals surface area (Å²) in [6.07, 6.45) is 1.16. The third-order valence-electron chi connectivity index (χ3n) is 1.86. The number of ether oxygens (including phenoxy) is 1. The minimum atomic E-state index is -0.136. The predicted octanol–water partition coefficient (Wildman–Crippen LogP) is 2.94. The van der Waals surface area contributed by atoms with E-state index in [2.05, 4.69) is 15.9 Å². The largest absolute Gasteiger partial charge is 0.466 e. The number of halogens is 1. The summed E-state index contributed by atoms with van der Waals surface area (Å²) in [6.45, 7) is 2.27. The van der Waals surface area contributed by atoms with E-state index in [0.717, 1.165) is 16.5 Å². The molecule has 0 heterocycles. The van der Waals surface area contributed by atoms with Gasteiger partial charge in [-0.15, -0.1) is 0 Å². The molecule has 1 rings (SSSR count). The van der Waals surface area contributed by atoms with Crippen LogP contribution in [0.3, 0.4) is 0 Å². The Kier molecular flexibility index (Phi) is 4.66. The van der Waals surface area contributed by atoms with Crippen LogP contribution in [0.2, 0.25) is 0 Å². The molecule has 14 heavy (non-hydrogen) atoms. The zero-order chi connectivity index (χ0) is 10.4. The molecule has 0 radical (unpaired) electrons. The molecule has 0 aliphatic heterocycles. The fourth-order valence-electron chi connectivity index (χ4n) is 1.17. The van der Waals surface area contributed by atoms with E-state index in [-0.39, 0.29) is 5.97 Å². The topological polar surface area (TPSA) is 26.3 Å². The van der Waals surface area contributed by atoms with Crippen molar-refractivity contribution in [2.75, 3.05) is 6.61 Å². The number of aryl methyl sites for hydroxylation is 1. The van der Waals surface area contributed by atoms with E-state index in [0.29, 0.717) is 13.0 Å². The molecule has 0 saturated heterocycles. The monoisotopic (exact) mass is 256 g/mol. The Morgan fingerprint density at radius 3 is 2.79 bits per heavy atom. The molecular weight excluding hydrogens is 244 g/mol. The van der Waals surface area contributed by atoms with Crippen LogP contribution in [0.15, 0.2) is 28.7 Å². The maximum Gasteiger partial charge on any atom is 0.306 e. The lowest BCUT2D eigenvalue weighted by molar-refractivity contribution is -0.143. The second-order valence-corrected chi connectivity index (χ2v) is 3.75. The van der Waals surface area contributed by atoms with E-state index in [1.54, 1.807) is 0 Å². The van der Waals surface area contributed by atoms with Crippen LogP contribution in [0.25, 0.3) is 0 Å². The van der Waals surface area contributed by atoms with Crippen molar-refractivity contribution in [1.82, 2.24) is 0 Å². The lowest BCUT2D eigenvalue weighted by Crippen LogP contribution is -2.05. The van der Waals surface area contributed by atoms with Gasteiger partial charge in [-0.25, -0.2) is 0 Å². The SMILES string of the molecule is CCOC(=O)CCc1ccccc1Br. The summed E-state index contributed by atoms with van der Waals surface area (Å²) in [4.78, 5) is 11.1. The normalized spacial score (nSPS) is 9.86. The van der Waals surface area contributed by atoms with Crippen LogP contribution in [0.4, 0.5) is 0 Å². The summed E-state index contributed by atoms with van der Waals surface area (Å²) in [6, 6.07) is 7.90. The summed E-state index contributed by atoms with van der Waals surface area (Å²) in [7, 11) is 0. The minimum Gasteiger partial charge on any atom is -0.466 e.